The lowest BCUT2D eigenvalue weighted by Gasteiger charge is -2.26. The van der Waals surface area contributed by atoms with Crippen molar-refractivity contribution in [2.24, 2.45) is 5.92 Å². The Morgan fingerprint density at radius 1 is 1.35 bits per heavy atom. The standard InChI is InChI=1S/C14H19N3O2S/c1-9-8-20-14(15-9)7-12-16-13(19-17-12)6-10-4-2-3-5-11(10)18/h8,10-11,18H,2-7H2,1H3. The van der Waals surface area contributed by atoms with Crippen LogP contribution >= 0.6 is 11.3 Å². The van der Waals surface area contributed by atoms with Gasteiger partial charge in [0.25, 0.3) is 0 Å². The molecule has 2 unspecified atom stereocenters. The van der Waals surface area contributed by atoms with Crippen molar-refractivity contribution in [2.45, 2.75) is 51.6 Å². The van der Waals surface area contributed by atoms with Gasteiger partial charge in [-0.25, -0.2) is 4.98 Å². The molecule has 3 rings (SSSR count). The molecular formula is C14H19N3O2S. The molecule has 0 bridgehead atoms. The molecule has 1 N–H and O–H groups in total. The molecule has 20 heavy (non-hydrogen) atoms. The summed E-state index contributed by atoms with van der Waals surface area (Å²) in [5, 5.41) is 17.0. The molecule has 1 saturated carbocycles. The summed E-state index contributed by atoms with van der Waals surface area (Å²) in [6, 6.07) is 0. The first-order valence-corrected chi connectivity index (χ1v) is 7.99. The lowest BCUT2D eigenvalue weighted by Crippen LogP contribution is -2.26. The van der Waals surface area contributed by atoms with E-state index >= 15 is 0 Å². The molecule has 0 radical (unpaired) electrons. The number of aliphatic hydroxyl groups excluding tert-OH is 1. The monoisotopic (exact) mass is 293 g/mol. The predicted molar refractivity (Wildman–Crippen MR) is 75.6 cm³/mol. The summed E-state index contributed by atoms with van der Waals surface area (Å²) in [5.41, 5.74) is 1.03. The highest BCUT2D eigenvalue weighted by Crippen LogP contribution is 2.27. The van der Waals surface area contributed by atoms with Crippen LogP contribution in [-0.4, -0.2) is 26.3 Å². The van der Waals surface area contributed by atoms with Crippen molar-refractivity contribution in [3.05, 3.63) is 27.8 Å². The number of aryl methyl sites for hydroxylation is 1. The Morgan fingerprint density at radius 3 is 2.95 bits per heavy atom. The smallest absolute Gasteiger partial charge is 0.227 e. The van der Waals surface area contributed by atoms with Gasteiger partial charge in [0.05, 0.1) is 12.5 Å². The molecule has 2 atom stereocenters. The third-order valence-electron chi connectivity index (χ3n) is 3.79. The van der Waals surface area contributed by atoms with Gasteiger partial charge in [-0.15, -0.1) is 11.3 Å². The fourth-order valence-electron chi connectivity index (χ4n) is 2.71. The summed E-state index contributed by atoms with van der Waals surface area (Å²) >= 11 is 1.62. The van der Waals surface area contributed by atoms with Gasteiger partial charge < -0.3 is 9.63 Å². The quantitative estimate of drug-likeness (QED) is 0.937. The highest BCUT2D eigenvalue weighted by atomic mass is 32.1. The van der Waals surface area contributed by atoms with Crippen molar-refractivity contribution >= 4 is 11.3 Å². The van der Waals surface area contributed by atoms with Gasteiger partial charge in [-0.1, -0.05) is 18.0 Å². The lowest BCUT2D eigenvalue weighted by molar-refractivity contribution is 0.0657. The van der Waals surface area contributed by atoms with E-state index in [0.29, 0.717) is 24.6 Å². The zero-order chi connectivity index (χ0) is 13.9. The SMILES string of the molecule is Cc1csc(Cc2noc(CC3CCCCC3O)n2)n1. The molecule has 0 aromatic carbocycles. The summed E-state index contributed by atoms with van der Waals surface area (Å²) in [6.45, 7) is 1.98. The van der Waals surface area contributed by atoms with E-state index in [9.17, 15) is 5.11 Å². The third-order valence-corrected chi connectivity index (χ3v) is 4.76. The van der Waals surface area contributed by atoms with Gasteiger partial charge >= 0.3 is 0 Å². The number of rotatable bonds is 4. The van der Waals surface area contributed by atoms with Gasteiger partial charge in [-0.2, -0.15) is 4.98 Å². The van der Waals surface area contributed by atoms with Crippen LogP contribution < -0.4 is 0 Å². The van der Waals surface area contributed by atoms with Crippen molar-refractivity contribution in [3.63, 3.8) is 0 Å². The van der Waals surface area contributed by atoms with Gasteiger partial charge in [0.2, 0.25) is 5.89 Å². The van der Waals surface area contributed by atoms with Crippen LogP contribution in [0.3, 0.4) is 0 Å². The Bertz CT molecular complexity index is 566. The predicted octanol–water partition coefficient (Wildman–Crippen LogP) is 2.52. The second kappa shape index (κ2) is 6.01. The molecule has 0 spiro atoms. The Hall–Kier alpha value is -1.27. The number of aliphatic hydroxyl groups is 1. The van der Waals surface area contributed by atoms with E-state index in [1.165, 1.54) is 6.42 Å². The Labute approximate surface area is 122 Å². The minimum Gasteiger partial charge on any atom is -0.393 e. The van der Waals surface area contributed by atoms with Crippen LogP contribution in [0.1, 0.15) is 48.1 Å². The van der Waals surface area contributed by atoms with Gasteiger partial charge in [-0.3, -0.25) is 0 Å². The van der Waals surface area contributed by atoms with Gasteiger partial charge in [0.1, 0.15) is 5.01 Å². The first-order valence-electron chi connectivity index (χ1n) is 7.11. The third kappa shape index (κ3) is 3.24. The van der Waals surface area contributed by atoms with Crippen molar-refractivity contribution in [2.75, 3.05) is 0 Å². The number of thiazole rings is 1. The van der Waals surface area contributed by atoms with Crippen LogP contribution in [0.25, 0.3) is 0 Å². The van der Waals surface area contributed by atoms with Crippen LogP contribution in [0.4, 0.5) is 0 Å². The fourth-order valence-corrected chi connectivity index (χ4v) is 3.48. The fraction of sp³-hybridized carbons (Fsp3) is 0.643. The largest absolute Gasteiger partial charge is 0.393 e. The zero-order valence-electron chi connectivity index (χ0n) is 11.6. The minimum atomic E-state index is -0.222. The first-order chi connectivity index (χ1) is 9.70. The molecule has 1 aliphatic carbocycles. The molecule has 6 heteroatoms. The van der Waals surface area contributed by atoms with Gasteiger partial charge in [0, 0.05) is 17.5 Å². The van der Waals surface area contributed by atoms with Crippen molar-refractivity contribution < 1.29 is 9.63 Å². The molecular weight excluding hydrogens is 274 g/mol. The minimum absolute atomic E-state index is 0.222. The Balaban J connectivity index is 1.61. The van der Waals surface area contributed by atoms with Crippen LogP contribution in [0, 0.1) is 12.8 Å². The number of nitrogens with zero attached hydrogens (tertiary/aromatic N) is 3. The van der Waals surface area contributed by atoms with Gasteiger partial charge in [-0.05, 0) is 25.7 Å². The van der Waals surface area contributed by atoms with E-state index in [4.69, 9.17) is 4.52 Å². The highest BCUT2D eigenvalue weighted by molar-refractivity contribution is 7.09. The lowest BCUT2D eigenvalue weighted by atomic mass is 9.84. The second-order valence-corrected chi connectivity index (χ2v) is 6.42. The summed E-state index contributed by atoms with van der Waals surface area (Å²) in [7, 11) is 0. The summed E-state index contributed by atoms with van der Waals surface area (Å²) in [4.78, 5) is 8.82. The Morgan fingerprint density at radius 2 is 2.20 bits per heavy atom. The zero-order valence-corrected chi connectivity index (χ0v) is 12.4. The topological polar surface area (TPSA) is 72.0 Å². The molecule has 0 saturated heterocycles. The van der Waals surface area contributed by atoms with Crippen LogP contribution in [-0.2, 0) is 12.8 Å². The molecule has 5 nitrogen and oxygen atoms in total. The number of hydrogen-bond acceptors (Lipinski definition) is 6. The molecule has 108 valence electrons. The maximum absolute atomic E-state index is 9.98. The number of hydrogen-bond donors (Lipinski definition) is 1. The maximum atomic E-state index is 9.98. The molecule has 0 aliphatic heterocycles. The van der Waals surface area contributed by atoms with E-state index in [1.54, 1.807) is 11.3 Å². The second-order valence-electron chi connectivity index (χ2n) is 5.48. The van der Waals surface area contributed by atoms with Crippen LogP contribution in [0.2, 0.25) is 0 Å². The van der Waals surface area contributed by atoms with E-state index in [1.807, 2.05) is 12.3 Å². The van der Waals surface area contributed by atoms with E-state index < -0.39 is 0 Å². The summed E-state index contributed by atoms with van der Waals surface area (Å²) < 4.78 is 5.30. The highest BCUT2D eigenvalue weighted by Gasteiger charge is 2.25. The maximum Gasteiger partial charge on any atom is 0.227 e. The summed E-state index contributed by atoms with van der Waals surface area (Å²) in [6.07, 6.45) is 5.33. The first kappa shape index (κ1) is 13.7. The molecule has 2 aromatic heterocycles. The van der Waals surface area contributed by atoms with E-state index in [0.717, 1.165) is 30.0 Å². The van der Waals surface area contributed by atoms with Gasteiger partial charge in [0.15, 0.2) is 5.82 Å². The van der Waals surface area contributed by atoms with Crippen molar-refractivity contribution in [3.8, 4) is 0 Å². The molecule has 2 heterocycles. The van der Waals surface area contributed by atoms with Crippen molar-refractivity contribution in [1.29, 1.82) is 0 Å². The molecule has 1 aliphatic rings. The average molecular weight is 293 g/mol. The van der Waals surface area contributed by atoms with E-state index in [-0.39, 0.29) is 12.0 Å². The average Bonchev–Trinajstić information content (AvgIpc) is 3.02. The normalized spacial score (nSPS) is 23.1. The van der Waals surface area contributed by atoms with Crippen LogP contribution in [0.15, 0.2) is 9.90 Å². The Kier molecular flexibility index (Phi) is 4.12. The van der Waals surface area contributed by atoms with Crippen LogP contribution in [0.5, 0.6) is 0 Å². The molecule has 1 fully saturated rings. The van der Waals surface area contributed by atoms with E-state index in [2.05, 4.69) is 15.1 Å². The number of aromatic nitrogens is 3. The molecule has 0 amide bonds. The van der Waals surface area contributed by atoms with Crippen molar-refractivity contribution in [1.82, 2.24) is 15.1 Å². The summed E-state index contributed by atoms with van der Waals surface area (Å²) in [5.74, 6) is 1.58. The molecule has 2 aromatic rings.